The Morgan fingerprint density at radius 2 is 1.81 bits per heavy atom. The van der Waals surface area contributed by atoms with Crippen molar-refractivity contribution in [3.63, 3.8) is 0 Å². The molecule has 0 bridgehead atoms. The molecule has 31 heavy (non-hydrogen) atoms. The van der Waals surface area contributed by atoms with E-state index in [-0.39, 0.29) is 18.3 Å². The summed E-state index contributed by atoms with van der Waals surface area (Å²) in [6, 6.07) is 14.0. The van der Waals surface area contributed by atoms with Crippen molar-refractivity contribution in [2.45, 2.75) is 13.8 Å². The van der Waals surface area contributed by atoms with E-state index >= 15 is 0 Å². The van der Waals surface area contributed by atoms with Crippen LogP contribution in [0.1, 0.15) is 24.2 Å². The molecule has 1 aromatic heterocycles. The molecule has 0 atom stereocenters. The minimum absolute atomic E-state index is 0.218. The van der Waals surface area contributed by atoms with E-state index in [2.05, 4.69) is 10.4 Å². The molecule has 1 N–H and O–H groups in total. The molecule has 3 rings (SSSR count). The monoisotopic (exact) mass is 460 g/mol. The van der Waals surface area contributed by atoms with E-state index in [0.717, 1.165) is 0 Å². The Hall–Kier alpha value is -3.03. The maximum atomic E-state index is 13.0. The predicted octanol–water partition coefficient (Wildman–Crippen LogP) is 4.68. The van der Waals surface area contributed by atoms with Crippen LogP contribution in [-0.2, 0) is 4.79 Å². The molecule has 0 fully saturated rings. The Morgan fingerprint density at radius 1 is 1.10 bits per heavy atom. The lowest BCUT2D eigenvalue weighted by Gasteiger charge is -2.19. The summed E-state index contributed by atoms with van der Waals surface area (Å²) < 4.78 is 7.03. The van der Waals surface area contributed by atoms with Gasteiger partial charge < -0.3 is 15.0 Å². The zero-order valence-electron chi connectivity index (χ0n) is 17.1. The summed E-state index contributed by atoms with van der Waals surface area (Å²) in [7, 11) is 0. The second-order valence-electron chi connectivity index (χ2n) is 6.54. The minimum atomic E-state index is -0.461. The van der Waals surface area contributed by atoms with Gasteiger partial charge in [-0.15, -0.1) is 0 Å². The van der Waals surface area contributed by atoms with E-state index in [1.54, 1.807) is 17.0 Å². The third kappa shape index (κ3) is 5.37. The van der Waals surface area contributed by atoms with Gasteiger partial charge in [0.15, 0.2) is 6.61 Å². The number of halogens is 2. The fraction of sp³-hybridized carbons (Fsp3) is 0.227. The van der Waals surface area contributed by atoms with Crippen LogP contribution in [-0.4, -0.2) is 46.2 Å². The van der Waals surface area contributed by atoms with E-state index in [1.165, 1.54) is 16.9 Å². The Morgan fingerprint density at radius 3 is 2.45 bits per heavy atom. The molecule has 2 amide bonds. The highest BCUT2D eigenvalue weighted by molar-refractivity contribution is 6.35. The van der Waals surface area contributed by atoms with Gasteiger partial charge in [-0.3, -0.25) is 9.59 Å². The van der Waals surface area contributed by atoms with Gasteiger partial charge in [0.05, 0.1) is 16.9 Å². The number of carbonyl (C=O) groups excluding carboxylic acids is 2. The number of hydrogen-bond donors (Lipinski definition) is 1. The quantitative estimate of drug-likeness (QED) is 0.529. The third-order valence-corrected chi connectivity index (χ3v) is 5.09. The number of nitrogens with zero attached hydrogens (tertiary/aromatic N) is 3. The molecule has 0 saturated carbocycles. The average molecular weight is 461 g/mol. The maximum absolute atomic E-state index is 13.0. The second kappa shape index (κ2) is 10.3. The fourth-order valence-corrected chi connectivity index (χ4v) is 3.44. The molecule has 0 aliphatic carbocycles. The lowest BCUT2D eigenvalue weighted by Crippen LogP contribution is -2.31. The van der Waals surface area contributed by atoms with Gasteiger partial charge in [-0.2, -0.15) is 5.10 Å². The number of amides is 2. The maximum Gasteiger partial charge on any atom is 0.263 e. The zero-order chi connectivity index (χ0) is 22.4. The molecular weight excluding hydrogens is 439 g/mol. The SMILES string of the molecule is CCN(CC)C(=O)c1cnn(-c2ccccc2)c1NC(=O)COc1ccc(Cl)cc1Cl. The van der Waals surface area contributed by atoms with Gasteiger partial charge in [0.1, 0.15) is 17.1 Å². The van der Waals surface area contributed by atoms with E-state index in [1.807, 2.05) is 44.2 Å². The van der Waals surface area contributed by atoms with Gasteiger partial charge in [0, 0.05) is 18.1 Å². The summed E-state index contributed by atoms with van der Waals surface area (Å²) in [4.78, 5) is 27.3. The Balaban J connectivity index is 1.85. The summed E-state index contributed by atoms with van der Waals surface area (Å²) in [6.45, 7) is 4.56. The summed E-state index contributed by atoms with van der Waals surface area (Å²) in [5.41, 5.74) is 1.00. The Bertz CT molecular complexity index is 1070. The molecule has 2 aromatic carbocycles. The molecular formula is C22H22Cl2N4O3. The summed E-state index contributed by atoms with van der Waals surface area (Å²) >= 11 is 12.0. The van der Waals surface area contributed by atoms with Gasteiger partial charge in [-0.05, 0) is 44.2 Å². The van der Waals surface area contributed by atoms with Crippen LogP contribution >= 0.6 is 23.2 Å². The van der Waals surface area contributed by atoms with Crippen molar-refractivity contribution in [2.24, 2.45) is 0 Å². The van der Waals surface area contributed by atoms with Crippen molar-refractivity contribution >= 4 is 40.8 Å². The second-order valence-corrected chi connectivity index (χ2v) is 7.39. The topological polar surface area (TPSA) is 76.5 Å². The Kier molecular flexibility index (Phi) is 7.55. The molecule has 0 unspecified atom stereocenters. The lowest BCUT2D eigenvalue weighted by atomic mass is 10.2. The molecule has 1 heterocycles. The number of rotatable bonds is 8. The number of aromatic nitrogens is 2. The molecule has 0 aliphatic rings. The van der Waals surface area contributed by atoms with E-state index in [4.69, 9.17) is 27.9 Å². The van der Waals surface area contributed by atoms with E-state index < -0.39 is 5.91 Å². The first-order valence-electron chi connectivity index (χ1n) is 9.75. The van der Waals surface area contributed by atoms with Crippen LogP contribution in [0, 0.1) is 0 Å². The van der Waals surface area contributed by atoms with Gasteiger partial charge in [0.25, 0.3) is 11.8 Å². The first-order chi connectivity index (χ1) is 14.9. The first kappa shape index (κ1) is 22.7. The molecule has 7 nitrogen and oxygen atoms in total. The highest BCUT2D eigenvalue weighted by Gasteiger charge is 2.23. The first-order valence-corrected chi connectivity index (χ1v) is 10.5. The zero-order valence-corrected chi connectivity index (χ0v) is 18.7. The molecule has 0 aliphatic heterocycles. The molecule has 0 saturated heterocycles. The number of ether oxygens (including phenoxy) is 1. The van der Waals surface area contributed by atoms with Gasteiger partial charge in [0.2, 0.25) is 0 Å². The van der Waals surface area contributed by atoms with Crippen LogP contribution in [0.4, 0.5) is 5.82 Å². The van der Waals surface area contributed by atoms with Crippen LogP contribution < -0.4 is 10.1 Å². The molecule has 0 spiro atoms. The highest BCUT2D eigenvalue weighted by Crippen LogP contribution is 2.27. The van der Waals surface area contributed by atoms with Crippen molar-refractivity contribution in [3.05, 3.63) is 70.3 Å². The van der Waals surface area contributed by atoms with Crippen molar-refractivity contribution in [1.29, 1.82) is 0 Å². The summed E-state index contributed by atoms with van der Waals surface area (Å²) in [5.74, 6) is -0.0717. The van der Waals surface area contributed by atoms with Crippen LogP contribution in [0.3, 0.4) is 0 Å². The number of nitrogens with one attached hydrogen (secondary N) is 1. The number of anilines is 1. The largest absolute Gasteiger partial charge is 0.482 e. The van der Waals surface area contributed by atoms with Gasteiger partial charge >= 0.3 is 0 Å². The standard InChI is InChI=1S/C22H22Cl2N4O3/c1-3-27(4-2)22(30)17-13-25-28(16-8-6-5-7-9-16)21(17)26-20(29)14-31-19-11-10-15(23)12-18(19)24/h5-13H,3-4,14H2,1-2H3,(H,26,29). The Labute approximate surface area is 190 Å². The number of hydrogen-bond acceptors (Lipinski definition) is 4. The third-order valence-electron chi connectivity index (χ3n) is 4.56. The molecule has 3 aromatic rings. The van der Waals surface area contributed by atoms with Crippen molar-refractivity contribution in [3.8, 4) is 11.4 Å². The highest BCUT2D eigenvalue weighted by atomic mass is 35.5. The molecule has 0 radical (unpaired) electrons. The van der Waals surface area contributed by atoms with E-state index in [0.29, 0.717) is 40.1 Å². The lowest BCUT2D eigenvalue weighted by molar-refractivity contribution is -0.118. The van der Waals surface area contributed by atoms with Gasteiger partial charge in [-0.1, -0.05) is 41.4 Å². The molecule has 9 heteroatoms. The number of benzene rings is 2. The number of para-hydroxylation sites is 1. The van der Waals surface area contributed by atoms with Crippen LogP contribution in [0.25, 0.3) is 5.69 Å². The summed E-state index contributed by atoms with van der Waals surface area (Å²) in [5, 5.41) is 7.86. The van der Waals surface area contributed by atoms with Crippen molar-refractivity contribution in [2.75, 3.05) is 25.0 Å². The minimum Gasteiger partial charge on any atom is -0.482 e. The smallest absolute Gasteiger partial charge is 0.263 e. The van der Waals surface area contributed by atoms with Crippen LogP contribution in [0.15, 0.2) is 54.7 Å². The fourth-order valence-electron chi connectivity index (χ4n) is 2.98. The van der Waals surface area contributed by atoms with Crippen LogP contribution in [0.2, 0.25) is 10.0 Å². The van der Waals surface area contributed by atoms with Crippen molar-refractivity contribution < 1.29 is 14.3 Å². The van der Waals surface area contributed by atoms with E-state index in [9.17, 15) is 9.59 Å². The van der Waals surface area contributed by atoms with Crippen LogP contribution in [0.5, 0.6) is 5.75 Å². The predicted molar refractivity (Wildman–Crippen MR) is 121 cm³/mol. The summed E-state index contributed by atoms with van der Waals surface area (Å²) in [6.07, 6.45) is 1.46. The van der Waals surface area contributed by atoms with Gasteiger partial charge in [-0.25, -0.2) is 4.68 Å². The average Bonchev–Trinajstić information content (AvgIpc) is 3.18. The number of carbonyl (C=O) groups is 2. The molecule has 162 valence electrons. The normalized spacial score (nSPS) is 10.6. The van der Waals surface area contributed by atoms with Crippen molar-refractivity contribution in [1.82, 2.24) is 14.7 Å².